The minimum atomic E-state index is -3.77. The van der Waals surface area contributed by atoms with Gasteiger partial charge in [-0.3, -0.25) is 9.52 Å². The lowest BCUT2D eigenvalue weighted by Gasteiger charge is -2.09. The van der Waals surface area contributed by atoms with Crippen molar-refractivity contribution < 1.29 is 13.2 Å². The second-order valence-electron chi connectivity index (χ2n) is 5.33. The van der Waals surface area contributed by atoms with Gasteiger partial charge in [0.1, 0.15) is 9.77 Å². The predicted molar refractivity (Wildman–Crippen MR) is 86.8 cm³/mol. The van der Waals surface area contributed by atoms with E-state index < -0.39 is 10.0 Å². The molecule has 1 amide bonds. The van der Waals surface area contributed by atoms with Crippen molar-refractivity contribution in [2.75, 3.05) is 4.72 Å². The summed E-state index contributed by atoms with van der Waals surface area (Å²) in [5.41, 5.74) is 1.52. The number of sulfonamides is 1. The molecule has 1 aromatic carbocycles. The molecular weight excluding hydrogens is 320 g/mol. The number of carbonyl (C=O) groups is 1. The van der Waals surface area contributed by atoms with Crippen molar-refractivity contribution in [1.82, 2.24) is 5.32 Å². The summed E-state index contributed by atoms with van der Waals surface area (Å²) in [5, 5.41) is 4.44. The molecule has 0 saturated heterocycles. The number of aryl methyl sites for hydroxylation is 1. The Bertz CT molecular complexity index is 790. The third kappa shape index (κ3) is 3.31. The summed E-state index contributed by atoms with van der Waals surface area (Å²) in [7, 11) is -3.77. The standard InChI is InChI=1S/C15H16N2O3S2/c1-10-2-4-12(5-3-10)17-22(19,20)13-8-9-21-14(13)15(18)16-11-6-7-11/h2-5,8-9,11,17H,6-7H2,1H3,(H,16,18). The highest BCUT2D eigenvalue weighted by Crippen LogP contribution is 2.26. The molecule has 1 saturated carbocycles. The number of nitrogens with one attached hydrogen (secondary N) is 2. The molecule has 5 nitrogen and oxygen atoms in total. The molecule has 1 heterocycles. The SMILES string of the molecule is Cc1ccc(NS(=O)(=O)c2ccsc2C(=O)NC2CC2)cc1. The van der Waals surface area contributed by atoms with Crippen LogP contribution in [0.5, 0.6) is 0 Å². The van der Waals surface area contributed by atoms with E-state index in [1.807, 2.05) is 19.1 Å². The van der Waals surface area contributed by atoms with Crippen molar-refractivity contribution >= 4 is 33.0 Å². The van der Waals surface area contributed by atoms with Crippen molar-refractivity contribution in [2.45, 2.75) is 30.7 Å². The average molecular weight is 336 g/mol. The van der Waals surface area contributed by atoms with Crippen LogP contribution in [0.2, 0.25) is 0 Å². The third-order valence-electron chi connectivity index (χ3n) is 3.34. The maximum absolute atomic E-state index is 12.5. The Morgan fingerprint density at radius 1 is 1.18 bits per heavy atom. The van der Waals surface area contributed by atoms with Crippen LogP contribution in [-0.4, -0.2) is 20.4 Å². The summed E-state index contributed by atoms with van der Waals surface area (Å²) in [6.45, 7) is 1.93. The molecule has 2 N–H and O–H groups in total. The Morgan fingerprint density at radius 3 is 2.50 bits per heavy atom. The summed E-state index contributed by atoms with van der Waals surface area (Å²) >= 11 is 1.14. The van der Waals surface area contributed by atoms with Crippen molar-refractivity contribution in [1.29, 1.82) is 0 Å². The van der Waals surface area contributed by atoms with E-state index in [4.69, 9.17) is 0 Å². The number of hydrogen-bond donors (Lipinski definition) is 2. The Morgan fingerprint density at radius 2 is 1.86 bits per heavy atom. The van der Waals surface area contributed by atoms with Crippen LogP contribution in [0.3, 0.4) is 0 Å². The van der Waals surface area contributed by atoms with Gasteiger partial charge in [-0.2, -0.15) is 0 Å². The number of rotatable bonds is 5. The molecular formula is C15H16N2O3S2. The smallest absolute Gasteiger partial charge is 0.263 e. The van der Waals surface area contributed by atoms with Crippen LogP contribution in [0.15, 0.2) is 40.6 Å². The van der Waals surface area contributed by atoms with E-state index in [9.17, 15) is 13.2 Å². The van der Waals surface area contributed by atoms with Crippen LogP contribution >= 0.6 is 11.3 Å². The van der Waals surface area contributed by atoms with Crippen molar-refractivity contribution in [3.05, 3.63) is 46.2 Å². The summed E-state index contributed by atoms with van der Waals surface area (Å²) < 4.78 is 27.5. The van der Waals surface area contributed by atoms with Crippen LogP contribution in [0.4, 0.5) is 5.69 Å². The Balaban J connectivity index is 1.84. The number of anilines is 1. The predicted octanol–water partition coefficient (Wildman–Crippen LogP) is 2.75. The molecule has 1 aliphatic rings. The lowest BCUT2D eigenvalue weighted by Crippen LogP contribution is -2.26. The molecule has 116 valence electrons. The van der Waals surface area contributed by atoms with E-state index in [2.05, 4.69) is 10.0 Å². The topological polar surface area (TPSA) is 75.3 Å². The quantitative estimate of drug-likeness (QED) is 0.881. The summed E-state index contributed by atoms with van der Waals surface area (Å²) in [6, 6.07) is 8.70. The molecule has 1 aromatic heterocycles. The van der Waals surface area contributed by atoms with Gasteiger partial charge < -0.3 is 5.32 Å². The van der Waals surface area contributed by atoms with Crippen molar-refractivity contribution in [2.24, 2.45) is 0 Å². The lowest BCUT2D eigenvalue weighted by molar-refractivity contribution is 0.0952. The molecule has 3 rings (SSSR count). The van der Waals surface area contributed by atoms with Gasteiger partial charge in [0.05, 0.1) is 0 Å². The van der Waals surface area contributed by atoms with Gasteiger partial charge in [0.25, 0.3) is 15.9 Å². The summed E-state index contributed by atoms with van der Waals surface area (Å²) in [4.78, 5) is 12.4. The van der Waals surface area contributed by atoms with Crippen LogP contribution in [-0.2, 0) is 10.0 Å². The van der Waals surface area contributed by atoms with Gasteiger partial charge in [-0.05, 0) is 43.3 Å². The molecule has 0 spiro atoms. The third-order valence-corrected chi connectivity index (χ3v) is 5.81. The number of thiophene rings is 1. The van der Waals surface area contributed by atoms with Gasteiger partial charge in [-0.25, -0.2) is 8.42 Å². The first-order chi connectivity index (χ1) is 10.5. The van der Waals surface area contributed by atoms with Crippen molar-refractivity contribution in [3.63, 3.8) is 0 Å². The Hall–Kier alpha value is -1.86. The summed E-state index contributed by atoms with van der Waals surface area (Å²) in [5.74, 6) is -0.318. The Labute approximate surface area is 133 Å². The zero-order valence-corrected chi connectivity index (χ0v) is 13.6. The molecule has 0 radical (unpaired) electrons. The first-order valence-electron chi connectivity index (χ1n) is 6.93. The highest BCUT2D eigenvalue weighted by Gasteiger charge is 2.28. The van der Waals surface area contributed by atoms with Crippen LogP contribution < -0.4 is 10.0 Å². The molecule has 0 atom stereocenters. The highest BCUT2D eigenvalue weighted by atomic mass is 32.2. The zero-order valence-electron chi connectivity index (χ0n) is 12.0. The second-order valence-corrected chi connectivity index (χ2v) is 7.90. The molecule has 0 bridgehead atoms. The fourth-order valence-electron chi connectivity index (χ4n) is 1.98. The molecule has 2 aromatic rings. The van der Waals surface area contributed by atoms with E-state index >= 15 is 0 Å². The first-order valence-corrected chi connectivity index (χ1v) is 9.30. The van der Waals surface area contributed by atoms with Crippen LogP contribution in [0, 0.1) is 6.92 Å². The Kier molecular flexibility index (Phi) is 3.92. The van der Waals surface area contributed by atoms with Gasteiger partial charge in [0.15, 0.2) is 0 Å². The van der Waals surface area contributed by atoms with E-state index in [-0.39, 0.29) is 21.7 Å². The largest absolute Gasteiger partial charge is 0.349 e. The zero-order chi connectivity index (χ0) is 15.7. The van der Waals surface area contributed by atoms with Gasteiger partial charge >= 0.3 is 0 Å². The molecule has 1 aliphatic carbocycles. The minimum Gasteiger partial charge on any atom is -0.349 e. The second kappa shape index (κ2) is 5.73. The molecule has 7 heteroatoms. The van der Waals surface area contributed by atoms with Gasteiger partial charge in [0, 0.05) is 11.7 Å². The first kappa shape index (κ1) is 15.1. The van der Waals surface area contributed by atoms with Crippen LogP contribution in [0.25, 0.3) is 0 Å². The highest BCUT2D eigenvalue weighted by molar-refractivity contribution is 7.93. The number of benzene rings is 1. The number of hydrogen-bond acceptors (Lipinski definition) is 4. The van der Waals surface area contributed by atoms with E-state index in [1.54, 1.807) is 17.5 Å². The van der Waals surface area contributed by atoms with Crippen LogP contribution in [0.1, 0.15) is 28.1 Å². The summed E-state index contributed by atoms with van der Waals surface area (Å²) in [6.07, 6.45) is 1.92. The number of carbonyl (C=O) groups excluding carboxylic acids is 1. The fourth-order valence-corrected chi connectivity index (χ4v) is 4.38. The average Bonchev–Trinajstić information content (AvgIpc) is 3.13. The fraction of sp³-hybridized carbons (Fsp3) is 0.267. The van der Waals surface area contributed by atoms with E-state index in [1.165, 1.54) is 6.07 Å². The van der Waals surface area contributed by atoms with Crippen molar-refractivity contribution in [3.8, 4) is 0 Å². The molecule has 1 fully saturated rings. The van der Waals surface area contributed by atoms with E-state index in [0.29, 0.717) is 5.69 Å². The van der Waals surface area contributed by atoms with Gasteiger partial charge in [0.2, 0.25) is 0 Å². The van der Waals surface area contributed by atoms with Gasteiger partial charge in [-0.1, -0.05) is 17.7 Å². The molecule has 0 aliphatic heterocycles. The lowest BCUT2D eigenvalue weighted by atomic mass is 10.2. The monoisotopic (exact) mass is 336 g/mol. The molecule has 0 unspecified atom stereocenters. The molecule has 22 heavy (non-hydrogen) atoms. The maximum atomic E-state index is 12.5. The maximum Gasteiger partial charge on any atom is 0.263 e. The van der Waals surface area contributed by atoms with Gasteiger partial charge in [-0.15, -0.1) is 11.3 Å². The normalized spacial score (nSPS) is 14.6. The van der Waals surface area contributed by atoms with E-state index in [0.717, 1.165) is 29.7 Å². The minimum absolute atomic E-state index is 0.0243. The number of amides is 1.